The Morgan fingerprint density at radius 2 is 1.87 bits per heavy atom. The van der Waals surface area contributed by atoms with Gasteiger partial charge in [0, 0.05) is 37.5 Å². The first kappa shape index (κ1) is 28.5. The average molecular weight is 529 g/mol. The van der Waals surface area contributed by atoms with Crippen LogP contribution in [0.1, 0.15) is 89.6 Å². The van der Waals surface area contributed by atoms with Crippen molar-refractivity contribution in [3.63, 3.8) is 0 Å². The second kappa shape index (κ2) is 11.7. The maximum absolute atomic E-state index is 12.9. The molecule has 1 saturated carbocycles. The molecule has 1 aromatic heterocycles. The molecule has 1 aromatic rings. The van der Waals surface area contributed by atoms with Gasteiger partial charge >= 0.3 is 12.1 Å². The van der Waals surface area contributed by atoms with Crippen molar-refractivity contribution in [2.75, 3.05) is 19.7 Å². The Kier molecular flexibility index (Phi) is 8.80. The zero-order valence-electron chi connectivity index (χ0n) is 23.5. The fourth-order valence-corrected chi connectivity index (χ4v) is 5.75. The van der Waals surface area contributed by atoms with Gasteiger partial charge in [-0.15, -0.1) is 0 Å². The summed E-state index contributed by atoms with van der Waals surface area (Å²) in [4.78, 5) is 43.3. The average Bonchev–Trinajstić information content (AvgIpc) is 2.80. The van der Waals surface area contributed by atoms with Gasteiger partial charge in [-0.25, -0.2) is 4.79 Å². The van der Waals surface area contributed by atoms with Crippen molar-refractivity contribution < 1.29 is 29.0 Å². The highest BCUT2D eigenvalue weighted by molar-refractivity contribution is 5.90. The molecule has 2 fully saturated rings. The molecule has 1 N–H and O–H groups in total. The molecule has 8 nitrogen and oxygen atoms in total. The number of carbonyl (C=O) groups is 3. The van der Waals surface area contributed by atoms with Crippen molar-refractivity contribution in [1.82, 2.24) is 9.88 Å². The van der Waals surface area contributed by atoms with E-state index in [4.69, 9.17) is 14.5 Å². The minimum absolute atomic E-state index is 0.0432. The monoisotopic (exact) mass is 528 g/mol. The summed E-state index contributed by atoms with van der Waals surface area (Å²) in [5.41, 5.74) is 2.59. The molecule has 2 aliphatic carbocycles. The molecule has 1 saturated heterocycles. The highest BCUT2D eigenvalue weighted by atomic mass is 16.6. The van der Waals surface area contributed by atoms with Gasteiger partial charge in [0.15, 0.2) is 0 Å². The van der Waals surface area contributed by atoms with Crippen molar-refractivity contribution in [2.45, 2.75) is 104 Å². The number of aliphatic carboxylic acids is 1. The number of rotatable bonds is 11. The van der Waals surface area contributed by atoms with Crippen LogP contribution in [0.25, 0.3) is 0 Å². The lowest BCUT2D eigenvalue weighted by atomic mass is 9.75. The van der Waals surface area contributed by atoms with Crippen molar-refractivity contribution in [3.8, 4) is 0 Å². The number of Topliss-reactive ketones (excluding diaryl/α,β-unsaturated/α-hetero) is 1. The Bertz CT molecular complexity index is 1020. The predicted molar refractivity (Wildman–Crippen MR) is 143 cm³/mol. The van der Waals surface area contributed by atoms with Crippen LogP contribution in [0, 0.1) is 17.3 Å². The molecule has 0 aromatic carbocycles. The molecular formula is C30H44N2O6. The van der Waals surface area contributed by atoms with Gasteiger partial charge in [0.2, 0.25) is 0 Å². The van der Waals surface area contributed by atoms with Gasteiger partial charge in [-0.1, -0.05) is 6.07 Å². The molecule has 2 heterocycles. The quantitative estimate of drug-likeness (QED) is 0.431. The van der Waals surface area contributed by atoms with Gasteiger partial charge < -0.3 is 19.5 Å². The molecule has 1 atom stereocenters. The number of fused-ring (bicyclic) bond motifs is 1. The second-order valence-corrected chi connectivity index (χ2v) is 12.8. The molecule has 38 heavy (non-hydrogen) atoms. The number of likely N-dealkylation sites (tertiary alicyclic amines) is 1. The van der Waals surface area contributed by atoms with Crippen LogP contribution < -0.4 is 0 Å². The third-order valence-corrected chi connectivity index (χ3v) is 8.24. The summed E-state index contributed by atoms with van der Waals surface area (Å²) >= 11 is 0. The van der Waals surface area contributed by atoms with E-state index >= 15 is 0 Å². The summed E-state index contributed by atoms with van der Waals surface area (Å²) in [6.45, 7) is 8.04. The van der Waals surface area contributed by atoms with Gasteiger partial charge in [0.25, 0.3) is 0 Å². The van der Waals surface area contributed by atoms with E-state index in [1.807, 2.05) is 0 Å². The molecule has 3 aliphatic rings. The van der Waals surface area contributed by atoms with Crippen LogP contribution in [0.2, 0.25) is 0 Å². The summed E-state index contributed by atoms with van der Waals surface area (Å²) in [6, 6.07) is 4.44. The zero-order valence-corrected chi connectivity index (χ0v) is 23.5. The number of hydrogen-bond donors (Lipinski definition) is 1. The lowest BCUT2D eigenvalue weighted by Crippen LogP contribution is -2.61. The fourth-order valence-electron chi connectivity index (χ4n) is 5.75. The van der Waals surface area contributed by atoms with Crippen molar-refractivity contribution in [1.29, 1.82) is 0 Å². The number of aromatic nitrogens is 1. The molecule has 1 unspecified atom stereocenters. The molecule has 1 amide bonds. The number of ketones is 1. The number of carboxylic acids is 1. The molecule has 1 aliphatic heterocycles. The Labute approximate surface area is 226 Å². The lowest BCUT2D eigenvalue weighted by molar-refractivity contribution is -0.148. The maximum Gasteiger partial charge on any atom is 0.410 e. The third-order valence-electron chi connectivity index (χ3n) is 8.24. The van der Waals surface area contributed by atoms with Crippen LogP contribution >= 0.6 is 0 Å². The molecule has 4 rings (SSSR count). The smallest absolute Gasteiger partial charge is 0.410 e. The minimum Gasteiger partial charge on any atom is -0.481 e. The lowest BCUT2D eigenvalue weighted by Gasteiger charge is -2.47. The van der Waals surface area contributed by atoms with Gasteiger partial charge in [-0.2, -0.15) is 0 Å². The Hall–Kier alpha value is -2.48. The summed E-state index contributed by atoms with van der Waals surface area (Å²) in [7, 11) is 0. The standard InChI is InChI=1S/C30H44N2O6/c1-29(2,3)38-28(36)32-18-30(4,19-32)26(33)17-22(27(34)35)13-14-37-24-15-20(16-24)9-11-23-12-10-21-7-5-6-8-25(21)31-23/h10,12,20,22,24H,5-9,11,13-19H2,1-4H3,(H,34,35). The molecule has 0 spiro atoms. The minimum atomic E-state index is -0.974. The topological polar surface area (TPSA) is 106 Å². The van der Waals surface area contributed by atoms with Gasteiger partial charge in [0.05, 0.1) is 17.4 Å². The zero-order chi connectivity index (χ0) is 27.5. The molecule has 210 valence electrons. The number of carboxylic acid groups (broad SMARTS) is 1. The summed E-state index contributed by atoms with van der Waals surface area (Å²) < 4.78 is 11.3. The number of nitrogens with zero attached hydrogens (tertiary/aromatic N) is 2. The maximum atomic E-state index is 12.9. The van der Waals surface area contributed by atoms with E-state index in [1.165, 1.54) is 34.7 Å². The molecule has 8 heteroatoms. The van der Waals surface area contributed by atoms with Gasteiger partial charge in [0.1, 0.15) is 11.4 Å². The number of amides is 1. The third kappa shape index (κ3) is 7.33. The van der Waals surface area contributed by atoms with E-state index in [2.05, 4.69) is 12.1 Å². The Morgan fingerprint density at radius 3 is 2.55 bits per heavy atom. The number of ether oxygens (including phenoxy) is 2. The van der Waals surface area contributed by atoms with Crippen LogP contribution in [0.3, 0.4) is 0 Å². The van der Waals surface area contributed by atoms with Crippen molar-refractivity contribution in [3.05, 3.63) is 29.1 Å². The molecule has 0 bridgehead atoms. The van der Waals surface area contributed by atoms with Gasteiger partial charge in [-0.3, -0.25) is 14.6 Å². The van der Waals surface area contributed by atoms with Crippen LogP contribution in [-0.4, -0.2) is 64.2 Å². The number of hydrogen-bond acceptors (Lipinski definition) is 6. The van der Waals surface area contributed by atoms with E-state index in [9.17, 15) is 19.5 Å². The van der Waals surface area contributed by atoms with E-state index in [-0.39, 0.29) is 31.4 Å². The first-order valence-corrected chi connectivity index (χ1v) is 14.3. The van der Waals surface area contributed by atoms with E-state index in [1.54, 1.807) is 27.7 Å². The van der Waals surface area contributed by atoms with E-state index in [0.717, 1.165) is 38.5 Å². The number of aryl methyl sites for hydroxylation is 3. The van der Waals surface area contributed by atoms with Crippen LogP contribution in [-0.2, 0) is 38.3 Å². The highest BCUT2D eigenvalue weighted by Gasteiger charge is 2.48. The van der Waals surface area contributed by atoms with Gasteiger partial charge in [-0.05, 0) is 103 Å². The van der Waals surface area contributed by atoms with E-state index < -0.39 is 29.0 Å². The highest BCUT2D eigenvalue weighted by Crippen LogP contribution is 2.36. The van der Waals surface area contributed by atoms with Crippen LogP contribution in [0.4, 0.5) is 4.79 Å². The summed E-state index contributed by atoms with van der Waals surface area (Å²) in [5.74, 6) is -1.25. The Morgan fingerprint density at radius 1 is 1.16 bits per heavy atom. The predicted octanol–water partition coefficient (Wildman–Crippen LogP) is 5.00. The fraction of sp³-hybridized carbons (Fsp3) is 0.733. The first-order chi connectivity index (χ1) is 17.9. The summed E-state index contributed by atoms with van der Waals surface area (Å²) in [6.07, 6.45) is 8.89. The van der Waals surface area contributed by atoms with E-state index in [0.29, 0.717) is 18.9 Å². The Balaban J connectivity index is 1.12. The first-order valence-electron chi connectivity index (χ1n) is 14.3. The summed E-state index contributed by atoms with van der Waals surface area (Å²) in [5, 5.41) is 9.68. The van der Waals surface area contributed by atoms with Crippen molar-refractivity contribution in [2.24, 2.45) is 17.3 Å². The number of carbonyl (C=O) groups excluding carboxylic acids is 2. The van der Waals surface area contributed by atoms with Crippen molar-refractivity contribution >= 4 is 17.8 Å². The van der Waals surface area contributed by atoms with Crippen LogP contribution in [0.5, 0.6) is 0 Å². The molecular weight excluding hydrogens is 484 g/mol. The molecule has 0 radical (unpaired) electrons. The normalized spacial score (nSPS) is 23.0. The SMILES string of the molecule is CC(C)(C)OC(=O)N1CC(C)(C(=O)CC(CCOC2CC(CCc3ccc4c(n3)CCCC4)C2)C(=O)O)C1. The number of pyridine rings is 1. The largest absolute Gasteiger partial charge is 0.481 e. The second-order valence-electron chi connectivity index (χ2n) is 12.8. The van der Waals surface area contributed by atoms with Crippen LogP contribution in [0.15, 0.2) is 12.1 Å².